The first-order chi connectivity index (χ1) is 8.29. The monoisotopic (exact) mass is 295 g/mol. The number of hydrogen-bond donors (Lipinski definition) is 1. The molecule has 1 aromatic heterocycles. The lowest BCUT2D eigenvalue weighted by Crippen LogP contribution is -2.06. The van der Waals surface area contributed by atoms with Gasteiger partial charge in [0, 0.05) is 10.7 Å². The van der Waals surface area contributed by atoms with Gasteiger partial charge in [-0.15, -0.1) is 0 Å². The second kappa shape index (κ2) is 6.31. The lowest BCUT2D eigenvalue weighted by Gasteiger charge is -2.17. The van der Waals surface area contributed by atoms with Crippen molar-refractivity contribution < 1.29 is 5.11 Å². The molecular formula is C14H18BrNO. The van der Waals surface area contributed by atoms with Gasteiger partial charge in [-0.25, -0.2) is 0 Å². The number of pyridine rings is 1. The average molecular weight is 296 g/mol. The van der Waals surface area contributed by atoms with Gasteiger partial charge >= 0.3 is 0 Å². The zero-order valence-corrected chi connectivity index (χ0v) is 11.5. The molecule has 1 heterocycles. The van der Waals surface area contributed by atoms with E-state index in [1.807, 2.05) is 12.1 Å². The minimum absolute atomic E-state index is 0.552. The summed E-state index contributed by atoms with van der Waals surface area (Å²) < 4.78 is 0.885. The van der Waals surface area contributed by atoms with Crippen molar-refractivity contribution in [2.75, 3.05) is 0 Å². The Kier molecular flexibility index (Phi) is 4.75. The lowest BCUT2D eigenvalue weighted by atomic mass is 9.95. The van der Waals surface area contributed by atoms with Crippen LogP contribution in [0, 0.1) is 0 Å². The predicted molar refractivity (Wildman–Crippen MR) is 72.7 cm³/mol. The normalized spacial score (nSPS) is 22.1. The second-order valence-electron chi connectivity index (χ2n) is 4.50. The fourth-order valence-corrected chi connectivity index (χ4v) is 2.71. The topological polar surface area (TPSA) is 33.1 Å². The Bertz CT molecular complexity index is 403. The zero-order valence-electron chi connectivity index (χ0n) is 9.90. The molecule has 0 saturated heterocycles. The van der Waals surface area contributed by atoms with Crippen LogP contribution in [0.25, 0.3) is 0 Å². The summed E-state index contributed by atoms with van der Waals surface area (Å²) >= 11 is 3.45. The molecule has 0 amide bonds. The van der Waals surface area contributed by atoms with Crippen molar-refractivity contribution in [1.82, 2.24) is 4.98 Å². The number of aliphatic hydroxyl groups excluding tert-OH is 1. The molecule has 1 aliphatic rings. The molecule has 1 aromatic rings. The smallest absolute Gasteiger partial charge is 0.118 e. The number of hydrogen-bond acceptors (Lipinski definition) is 2. The molecule has 1 aliphatic carbocycles. The molecular weight excluding hydrogens is 278 g/mol. The molecule has 0 spiro atoms. The van der Waals surface area contributed by atoms with Crippen LogP contribution in [-0.2, 0) is 0 Å². The molecule has 0 aromatic carbocycles. The van der Waals surface area contributed by atoms with Gasteiger partial charge in [0.05, 0.1) is 5.69 Å². The Labute approximate surface area is 111 Å². The average Bonchev–Trinajstić information content (AvgIpc) is 2.28. The highest BCUT2D eigenvalue weighted by Gasteiger charge is 2.17. The van der Waals surface area contributed by atoms with Gasteiger partial charge in [0.2, 0.25) is 0 Å². The van der Waals surface area contributed by atoms with Crippen LogP contribution in [0.4, 0.5) is 0 Å². The van der Waals surface area contributed by atoms with Gasteiger partial charge in [-0.3, -0.25) is 4.98 Å². The molecule has 0 fully saturated rings. The van der Waals surface area contributed by atoms with Crippen LogP contribution in [0.1, 0.15) is 50.3 Å². The number of rotatable bonds is 2. The highest BCUT2D eigenvalue weighted by atomic mass is 79.9. The molecule has 17 heavy (non-hydrogen) atoms. The molecule has 1 N–H and O–H groups in total. The van der Waals surface area contributed by atoms with Gasteiger partial charge in [0.25, 0.3) is 0 Å². The number of aliphatic hydroxyl groups is 1. The number of nitrogens with zero attached hydrogens (tertiary/aromatic N) is 1. The first kappa shape index (κ1) is 12.8. The molecule has 2 rings (SSSR count). The van der Waals surface area contributed by atoms with E-state index >= 15 is 0 Å². The molecule has 3 heteroatoms. The predicted octanol–water partition coefficient (Wildman–Crippen LogP) is 4.16. The Morgan fingerprint density at radius 2 is 2.06 bits per heavy atom. The van der Waals surface area contributed by atoms with E-state index in [1.165, 1.54) is 25.7 Å². The standard InChI is InChI=1S/C14H18BrNO/c15-12-9-6-10-16-13(12)14(17)11-7-4-2-1-3-5-8-11/h6-7,9-10,14,17H,1-5,8H2/b11-7+. The Balaban J connectivity index is 2.18. The minimum Gasteiger partial charge on any atom is -0.382 e. The van der Waals surface area contributed by atoms with Gasteiger partial charge in [0.15, 0.2) is 0 Å². The molecule has 0 bridgehead atoms. The zero-order chi connectivity index (χ0) is 12.1. The number of allylic oxidation sites excluding steroid dienone is 1. The van der Waals surface area contributed by atoms with Gasteiger partial charge in [-0.05, 0) is 59.3 Å². The lowest BCUT2D eigenvalue weighted by molar-refractivity contribution is 0.203. The minimum atomic E-state index is -0.552. The van der Waals surface area contributed by atoms with E-state index in [9.17, 15) is 5.11 Å². The molecule has 1 atom stereocenters. The van der Waals surface area contributed by atoms with Crippen molar-refractivity contribution >= 4 is 15.9 Å². The van der Waals surface area contributed by atoms with Crippen molar-refractivity contribution in [1.29, 1.82) is 0 Å². The third-order valence-electron chi connectivity index (χ3n) is 3.22. The van der Waals surface area contributed by atoms with Crippen molar-refractivity contribution in [2.45, 2.75) is 44.6 Å². The van der Waals surface area contributed by atoms with Crippen LogP contribution in [0.2, 0.25) is 0 Å². The second-order valence-corrected chi connectivity index (χ2v) is 5.36. The number of halogens is 1. The van der Waals surface area contributed by atoms with Gasteiger partial charge in [-0.1, -0.05) is 18.9 Å². The fraction of sp³-hybridized carbons (Fsp3) is 0.500. The highest BCUT2D eigenvalue weighted by Crippen LogP contribution is 2.31. The maximum atomic E-state index is 10.4. The van der Waals surface area contributed by atoms with Crippen molar-refractivity contribution in [3.05, 3.63) is 40.1 Å². The summed E-state index contributed by atoms with van der Waals surface area (Å²) in [5.74, 6) is 0. The van der Waals surface area contributed by atoms with Crippen LogP contribution in [0.15, 0.2) is 34.5 Å². The molecule has 0 saturated carbocycles. The molecule has 2 nitrogen and oxygen atoms in total. The van der Waals surface area contributed by atoms with Crippen LogP contribution in [-0.4, -0.2) is 10.1 Å². The van der Waals surface area contributed by atoms with Crippen molar-refractivity contribution in [3.8, 4) is 0 Å². The summed E-state index contributed by atoms with van der Waals surface area (Å²) in [4.78, 5) is 4.27. The molecule has 1 unspecified atom stereocenters. The van der Waals surface area contributed by atoms with E-state index in [-0.39, 0.29) is 0 Å². The maximum absolute atomic E-state index is 10.4. The third kappa shape index (κ3) is 3.39. The summed E-state index contributed by atoms with van der Waals surface area (Å²) in [6.45, 7) is 0. The van der Waals surface area contributed by atoms with Crippen molar-refractivity contribution in [3.63, 3.8) is 0 Å². The number of aromatic nitrogens is 1. The van der Waals surface area contributed by atoms with E-state index in [0.29, 0.717) is 0 Å². The highest BCUT2D eigenvalue weighted by molar-refractivity contribution is 9.10. The molecule has 0 aliphatic heterocycles. The quantitative estimate of drug-likeness (QED) is 0.831. The SMILES string of the molecule is OC(/C1=C/CCCCCC1)c1ncccc1Br. The summed E-state index contributed by atoms with van der Waals surface area (Å²) in [7, 11) is 0. The largest absolute Gasteiger partial charge is 0.382 e. The van der Waals surface area contributed by atoms with Gasteiger partial charge < -0.3 is 5.11 Å². The third-order valence-corrected chi connectivity index (χ3v) is 3.89. The van der Waals surface area contributed by atoms with Crippen LogP contribution in [0.3, 0.4) is 0 Å². The summed E-state index contributed by atoms with van der Waals surface area (Å²) in [5, 5.41) is 10.4. The van der Waals surface area contributed by atoms with Crippen LogP contribution < -0.4 is 0 Å². The van der Waals surface area contributed by atoms with Crippen LogP contribution in [0.5, 0.6) is 0 Å². The first-order valence-electron chi connectivity index (χ1n) is 6.26. The van der Waals surface area contributed by atoms with Crippen molar-refractivity contribution in [2.24, 2.45) is 0 Å². The van der Waals surface area contributed by atoms with E-state index in [4.69, 9.17) is 0 Å². The maximum Gasteiger partial charge on any atom is 0.118 e. The van der Waals surface area contributed by atoms with E-state index in [2.05, 4.69) is 27.0 Å². The van der Waals surface area contributed by atoms with E-state index < -0.39 is 6.10 Å². The van der Waals surface area contributed by atoms with Gasteiger partial charge in [0.1, 0.15) is 6.10 Å². The van der Waals surface area contributed by atoms with E-state index in [1.54, 1.807) is 6.20 Å². The molecule has 0 radical (unpaired) electrons. The summed E-state index contributed by atoms with van der Waals surface area (Å²) in [6, 6.07) is 3.79. The molecule has 92 valence electrons. The van der Waals surface area contributed by atoms with Crippen LogP contribution >= 0.6 is 15.9 Å². The Morgan fingerprint density at radius 1 is 1.24 bits per heavy atom. The summed E-state index contributed by atoms with van der Waals surface area (Å²) in [6.07, 6.45) is 10.4. The first-order valence-corrected chi connectivity index (χ1v) is 7.06. The van der Waals surface area contributed by atoms with E-state index in [0.717, 1.165) is 28.6 Å². The Morgan fingerprint density at radius 3 is 2.88 bits per heavy atom. The Hall–Kier alpha value is -0.670. The fourth-order valence-electron chi connectivity index (χ4n) is 2.24. The van der Waals surface area contributed by atoms with Gasteiger partial charge in [-0.2, -0.15) is 0 Å². The summed E-state index contributed by atoms with van der Waals surface area (Å²) in [5.41, 5.74) is 1.86.